The lowest BCUT2D eigenvalue weighted by Gasteiger charge is -2.22. The zero-order chi connectivity index (χ0) is 8.93. The molecule has 4 nitrogen and oxygen atoms in total. The van der Waals surface area contributed by atoms with E-state index in [0.717, 1.165) is 25.6 Å². The van der Waals surface area contributed by atoms with Gasteiger partial charge < -0.3 is 10.1 Å². The molecule has 0 aliphatic carbocycles. The van der Waals surface area contributed by atoms with Gasteiger partial charge in [0, 0.05) is 18.5 Å². The molecule has 0 bridgehead atoms. The molecule has 1 aromatic heterocycles. The van der Waals surface area contributed by atoms with Crippen molar-refractivity contribution in [3.8, 4) is 5.88 Å². The van der Waals surface area contributed by atoms with E-state index in [-0.39, 0.29) is 12.4 Å². The fourth-order valence-electron chi connectivity index (χ4n) is 1.60. The van der Waals surface area contributed by atoms with Crippen LogP contribution in [-0.2, 0) is 0 Å². The normalized spacial score (nSPS) is 21.3. The Morgan fingerprint density at radius 1 is 1.57 bits per heavy atom. The Bertz CT molecular complexity index is 234. The van der Waals surface area contributed by atoms with Gasteiger partial charge in [-0.2, -0.15) is 5.10 Å². The molecule has 2 rings (SSSR count). The van der Waals surface area contributed by atoms with Crippen molar-refractivity contribution in [3.63, 3.8) is 0 Å². The Kier molecular flexibility index (Phi) is 4.76. The lowest BCUT2D eigenvalue weighted by atomic mass is 10.0. The minimum atomic E-state index is 0. The third-order valence-electron chi connectivity index (χ3n) is 2.35. The molecule has 80 valence electrons. The van der Waals surface area contributed by atoms with Crippen LogP contribution in [-0.4, -0.2) is 29.9 Å². The molecule has 0 amide bonds. The van der Waals surface area contributed by atoms with Crippen LogP contribution in [0.5, 0.6) is 5.88 Å². The summed E-state index contributed by atoms with van der Waals surface area (Å²) in [5.74, 6) is 1.42. The highest BCUT2D eigenvalue weighted by molar-refractivity contribution is 5.85. The molecule has 1 unspecified atom stereocenters. The molecule has 0 spiro atoms. The first-order chi connectivity index (χ1) is 6.45. The van der Waals surface area contributed by atoms with Crippen molar-refractivity contribution in [2.24, 2.45) is 5.92 Å². The second-order valence-corrected chi connectivity index (χ2v) is 3.44. The number of halogens is 1. The van der Waals surface area contributed by atoms with Gasteiger partial charge in [-0.05, 0) is 19.4 Å². The molecule has 0 saturated carbocycles. The summed E-state index contributed by atoms with van der Waals surface area (Å²) in [5.41, 5.74) is 0. The number of nitrogens with zero attached hydrogens (tertiary/aromatic N) is 1. The largest absolute Gasteiger partial charge is 0.478 e. The quantitative estimate of drug-likeness (QED) is 0.800. The van der Waals surface area contributed by atoms with Gasteiger partial charge in [-0.25, -0.2) is 5.10 Å². The number of rotatable bonds is 3. The minimum Gasteiger partial charge on any atom is -0.478 e. The van der Waals surface area contributed by atoms with Crippen LogP contribution in [0, 0.1) is 5.92 Å². The van der Waals surface area contributed by atoms with Gasteiger partial charge in [0.15, 0.2) is 0 Å². The Balaban J connectivity index is 0.000000980. The van der Waals surface area contributed by atoms with E-state index in [9.17, 15) is 0 Å². The third-order valence-corrected chi connectivity index (χ3v) is 2.35. The summed E-state index contributed by atoms with van der Waals surface area (Å²) in [6.45, 7) is 3.02. The van der Waals surface area contributed by atoms with Gasteiger partial charge >= 0.3 is 0 Å². The van der Waals surface area contributed by atoms with Crippen LogP contribution in [0.2, 0.25) is 0 Å². The van der Waals surface area contributed by atoms with Gasteiger partial charge in [0.2, 0.25) is 5.88 Å². The molecule has 14 heavy (non-hydrogen) atoms. The number of hydrogen-bond acceptors (Lipinski definition) is 3. The van der Waals surface area contributed by atoms with Crippen LogP contribution in [0.15, 0.2) is 12.3 Å². The maximum atomic E-state index is 5.53. The Labute approximate surface area is 89.8 Å². The number of nitrogens with one attached hydrogen (secondary N) is 2. The van der Waals surface area contributed by atoms with Crippen molar-refractivity contribution in [2.75, 3.05) is 19.7 Å². The SMILES string of the molecule is Cl.c1cc(OCC2CCCNC2)[nH]n1. The van der Waals surface area contributed by atoms with Gasteiger partial charge in [0.05, 0.1) is 12.8 Å². The van der Waals surface area contributed by atoms with Crippen LogP contribution in [0.3, 0.4) is 0 Å². The van der Waals surface area contributed by atoms with E-state index in [1.165, 1.54) is 12.8 Å². The fourth-order valence-corrected chi connectivity index (χ4v) is 1.60. The third kappa shape index (κ3) is 3.20. The van der Waals surface area contributed by atoms with Crippen molar-refractivity contribution in [1.29, 1.82) is 0 Å². The molecule has 5 heteroatoms. The second-order valence-electron chi connectivity index (χ2n) is 3.44. The molecular formula is C9H16ClN3O. The highest BCUT2D eigenvalue weighted by Crippen LogP contribution is 2.12. The minimum absolute atomic E-state index is 0. The summed E-state index contributed by atoms with van der Waals surface area (Å²) in [4.78, 5) is 0. The van der Waals surface area contributed by atoms with Gasteiger partial charge in [0.1, 0.15) is 0 Å². The average molecular weight is 218 g/mol. The number of piperidine rings is 1. The van der Waals surface area contributed by atoms with Gasteiger partial charge in [-0.1, -0.05) is 0 Å². The zero-order valence-electron chi connectivity index (χ0n) is 8.03. The maximum absolute atomic E-state index is 5.53. The predicted molar refractivity (Wildman–Crippen MR) is 56.9 cm³/mol. The topological polar surface area (TPSA) is 49.9 Å². The lowest BCUT2D eigenvalue weighted by Crippen LogP contribution is -2.33. The smallest absolute Gasteiger partial charge is 0.209 e. The van der Waals surface area contributed by atoms with Crippen LogP contribution in [0.25, 0.3) is 0 Å². The molecule has 2 heterocycles. The fraction of sp³-hybridized carbons (Fsp3) is 0.667. The number of H-pyrrole nitrogens is 1. The van der Waals surface area contributed by atoms with E-state index in [4.69, 9.17) is 4.74 Å². The Morgan fingerprint density at radius 2 is 2.50 bits per heavy atom. The van der Waals surface area contributed by atoms with Crippen molar-refractivity contribution < 1.29 is 4.74 Å². The van der Waals surface area contributed by atoms with Crippen molar-refractivity contribution >= 4 is 12.4 Å². The van der Waals surface area contributed by atoms with Gasteiger partial charge in [0.25, 0.3) is 0 Å². The van der Waals surface area contributed by atoms with E-state index in [0.29, 0.717) is 5.92 Å². The van der Waals surface area contributed by atoms with Crippen molar-refractivity contribution in [3.05, 3.63) is 12.3 Å². The summed E-state index contributed by atoms with van der Waals surface area (Å²) >= 11 is 0. The van der Waals surface area contributed by atoms with Gasteiger partial charge in [-0.3, -0.25) is 0 Å². The highest BCUT2D eigenvalue weighted by atomic mass is 35.5. The lowest BCUT2D eigenvalue weighted by molar-refractivity contribution is 0.212. The number of aromatic amines is 1. The first kappa shape index (κ1) is 11.3. The average Bonchev–Trinajstić information content (AvgIpc) is 2.69. The van der Waals surface area contributed by atoms with E-state index in [2.05, 4.69) is 15.5 Å². The first-order valence-electron chi connectivity index (χ1n) is 4.78. The molecule has 0 radical (unpaired) electrons. The zero-order valence-corrected chi connectivity index (χ0v) is 8.85. The van der Waals surface area contributed by atoms with Crippen LogP contribution in [0.1, 0.15) is 12.8 Å². The first-order valence-corrected chi connectivity index (χ1v) is 4.78. The van der Waals surface area contributed by atoms with E-state index in [1.807, 2.05) is 6.07 Å². The number of hydrogen-bond donors (Lipinski definition) is 2. The van der Waals surface area contributed by atoms with Crippen LogP contribution >= 0.6 is 12.4 Å². The van der Waals surface area contributed by atoms with Crippen molar-refractivity contribution in [1.82, 2.24) is 15.5 Å². The standard InChI is InChI=1S/C9H15N3O.ClH/c1-2-8(6-10-4-1)7-13-9-3-5-11-12-9;/h3,5,8,10H,1-2,4,6-7H2,(H,11,12);1H. The predicted octanol–water partition coefficient (Wildman–Crippen LogP) is 1.21. The maximum Gasteiger partial charge on any atom is 0.209 e. The summed E-state index contributed by atoms with van der Waals surface area (Å²) < 4.78 is 5.53. The molecule has 1 aliphatic rings. The number of aromatic nitrogens is 2. The van der Waals surface area contributed by atoms with Crippen molar-refractivity contribution in [2.45, 2.75) is 12.8 Å². The molecule has 1 fully saturated rings. The molecule has 0 aromatic carbocycles. The molecule has 1 aliphatic heterocycles. The van der Waals surface area contributed by atoms with E-state index < -0.39 is 0 Å². The number of ether oxygens (including phenoxy) is 1. The monoisotopic (exact) mass is 217 g/mol. The molecule has 1 aromatic rings. The molecule has 1 saturated heterocycles. The van der Waals surface area contributed by atoms with Gasteiger partial charge in [-0.15, -0.1) is 12.4 Å². The van der Waals surface area contributed by atoms with E-state index in [1.54, 1.807) is 6.20 Å². The molecular weight excluding hydrogens is 202 g/mol. The van der Waals surface area contributed by atoms with Crippen LogP contribution in [0.4, 0.5) is 0 Å². The molecule has 1 atom stereocenters. The van der Waals surface area contributed by atoms with E-state index >= 15 is 0 Å². The summed E-state index contributed by atoms with van der Waals surface area (Å²) in [5, 5.41) is 9.96. The summed E-state index contributed by atoms with van der Waals surface area (Å²) in [6, 6.07) is 1.84. The molecule has 2 N–H and O–H groups in total. The Hall–Kier alpha value is -0.740. The highest BCUT2D eigenvalue weighted by Gasteiger charge is 2.13. The Morgan fingerprint density at radius 3 is 3.14 bits per heavy atom. The van der Waals surface area contributed by atoms with Crippen LogP contribution < -0.4 is 10.1 Å². The summed E-state index contributed by atoms with van der Waals surface area (Å²) in [6.07, 6.45) is 4.23. The second kappa shape index (κ2) is 5.88. The summed E-state index contributed by atoms with van der Waals surface area (Å²) in [7, 11) is 0.